The summed E-state index contributed by atoms with van der Waals surface area (Å²) in [5, 5.41) is 18.5. The lowest BCUT2D eigenvalue weighted by molar-refractivity contribution is 0.218. The third kappa shape index (κ3) is 6.29. The molecule has 4 aromatic heterocycles. The highest BCUT2D eigenvalue weighted by Gasteiger charge is 2.24. The van der Waals surface area contributed by atoms with Crippen LogP contribution in [0.5, 0.6) is 11.5 Å². The summed E-state index contributed by atoms with van der Waals surface area (Å²) < 4.78 is 13.1. The number of halogens is 4. The van der Waals surface area contributed by atoms with Crippen molar-refractivity contribution in [3.63, 3.8) is 0 Å². The summed E-state index contributed by atoms with van der Waals surface area (Å²) in [7, 11) is 0. The number of aromatic nitrogens is 4. The first kappa shape index (κ1) is 36.3. The molecule has 0 unspecified atom stereocenters. The molecule has 6 N–H and O–H groups in total. The summed E-state index contributed by atoms with van der Waals surface area (Å²) in [6.07, 6.45) is 3.43. The third-order valence-electron chi connectivity index (χ3n) is 11.9. The maximum absolute atomic E-state index is 6.54. The molecule has 0 bridgehead atoms. The van der Waals surface area contributed by atoms with Gasteiger partial charge in [0.25, 0.3) is 0 Å². The van der Waals surface area contributed by atoms with Crippen molar-refractivity contribution < 1.29 is 9.47 Å². The van der Waals surface area contributed by atoms with Gasteiger partial charge in [0.1, 0.15) is 6.10 Å². The molecule has 12 heteroatoms. The van der Waals surface area contributed by atoms with Crippen molar-refractivity contribution in [3.8, 4) is 11.5 Å². The van der Waals surface area contributed by atoms with Gasteiger partial charge < -0.3 is 40.0 Å². The van der Waals surface area contributed by atoms with Crippen molar-refractivity contribution in [1.29, 1.82) is 0 Å². The van der Waals surface area contributed by atoms with Crippen LogP contribution in [0.4, 0.5) is 0 Å². The fourth-order valence-corrected chi connectivity index (χ4v) is 9.69. The molecule has 1 atom stereocenters. The first-order valence-electron chi connectivity index (χ1n) is 19.8. The zero-order chi connectivity index (χ0) is 39.1. The number of ether oxygens (including phenoxy) is 2. The fraction of sp³-hybridized carbons (Fsp3) is 0.217. The Kier molecular flexibility index (Phi) is 9.06. The number of aromatic amines is 4. The van der Waals surface area contributed by atoms with Crippen molar-refractivity contribution in [2.75, 3.05) is 32.8 Å². The molecule has 6 heterocycles. The fourth-order valence-electron chi connectivity index (χ4n) is 9.00. The van der Waals surface area contributed by atoms with Gasteiger partial charge in [0.15, 0.2) is 11.5 Å². The van der Waals surface area contributed by atoms with E-state index in [-0.39, 0.29) is 6.10 Å². The first-order valence-corrected chi connectivity index (χ1v) is 21.3. The van der Waals surface area contributed by atoms with E-state index in [1.54, 1.807) is 0 Å². The van der Waals surface area contributed by atoms with Crippen LogP contribution in [0.3, 0.4) is 0 Å². The minimum absolute atomic E-state index is 0.152. The number of hydrogen-bond acceptors (Lipinski definition) is 4. The van der Waals surface area contributed by atoms with E-state index in [0.717, 1.165) is 164 Å². The number of nitrogens with one attached hydrogen (secondary N) is 6. The SMILES string of the molecule is Clc1ccc2[nH]c3c(OCC4CCNCC4)c4[nH]c5ccc(Cl)cc5c4cc3c2c1.Clc1ccc2[nH]c3c(O[C@H]4CCNC4)c4[nH]c5ccc(Cl)cc5c4cc3c2c1. The molecule has 0 radical (unpaired) electrons. The molecule has 0 amide bonds. The lowest BCUT2D eigenvalue weighted by atomic mass is 9.99. The molecule has 58 heavy (non-hydrogen) atoms. The van der Waals surface area contributed by atoms with Crippen LogP contribution in [0, 0.1) is 5.92 Å². The summed E-state index contributed by atoms with van der Waals surface area (Å²) >= 11 is 25.2. The highest BCUT2D eigenvalue weighted by Crippen LogP contribution is 2.44. The van der Waals surface area contributed by atoms with Gasteiger partial charge in [0, 0.05) is 91.8 Å². The summed E-state index contributed by atoms with van der Waals surface area (Å²) in [5.74, 6) is 2.30. The molecule has 2 aliphatic heterocycles. The highest BCUT2D eigenvalue weighted by molar-refractivity contribution is 6.34. The van der Waals surface area contributed by atoms with Crippen LogP contribution < -0.4 is 20.1 Å². The number of H-pyrrole nitrogens is 4. The predicted octanol–water partition coefficient (Wildman–Crippen LogP) is 12.6. The topological polar surface area (TPSA) is 106 Å². The Morgan fingerprint density at radius 3 is 1.24 bits per heavy atom. The second-order valence-corrected chi connectivity index (χ2v) is 17.3. The number of hydrogen-bond donors (Lipinski definition) is 6. The van der Waals surface area contributed by atoms with Crippen LogP contribution in [-0.2, 0) is 0 Å². The Balaban J connectivity index is 0.000000133. The number of fused-ring (bicyclic) bond motifs is 12. The predicted molar refractivity (Wildman–Crippen MR) is 243 cm³/mol. The van der Waals surface area contributed by atoms with E-state index in [9.17, 15) is 0 Å². The Bertz CT molecular complexity index is 3030. The van der Waals surface area contributed by atoms with Gasteiger partial charge in [-0.3, -0.25) is 0 Å². The molecule has 2 aliphatic rings. The molecule has 0 aliphatic carbocycles. The number of benzene rings is 6. The van der Waals surface area contributed by atoms with E-state index in [4.69, 9.17) is 55.9 Å². The minimum atomic E-state index is 0.152. The molecular formula is C46H38Cl4N6O2. The van der Waals surface area contributed by atoms with Gasteiger partial charge in [-0.05, 0) is 130 Å². The van der Waals surface area contributed by atoms with Crippen molar-refractivity contribution >= 4 is 134 Å². The summed E-state index contributed by atoms with van der Waals surface area (Å²) in [6.45, 7) is 4.67. The molecule has 10 aromatic rings. The lowest BCUT2D eigenvalue weighted by Crippen LogP contribution is -2.30. The largest absolute Gasteiger partial charge is 0.489 e. The van der Waals surface area contributed by atoms with Gasteiger partial charge in [-0.15, -0.1) is 0 Å². The Morgan fingerprint density at radius 2 is 0.845 bits per heavy atom. The van der Waals surface area contributed by atoms with Gasteiger partial charge in [-0.2, -0.15) is 0 Å². The van der Waals surface area contributed by atoms with Gasteiger partial charge in [-0.1, -0.05) is 46.4 Å². The standard InChI is InChI=1S/C24H21Cl2N3O.C22H17Cl2N3O/c25-14-1-3-20-16(9-14)18-11-19-17-10-15(26)2-4-21(17)29-23(19)24(22(18)28-20)30-12-13-5-7-27-8-6-13;23-11-1-3-18-14(7-11)16-9-17-15-8-12(24)2-4-19(15)27-21(17)22(20(16)26-18)28-13-5-6-25-10-13/h1-4,9-11,13,27-29H,5-8,12H2;1-4,7-9,13,25-27H,5-6,10H2/t;13-/m.0/s1. The molecule has 6 aromatic carbocycles. The van der Waals surface area contributed by atoms with Crippen molar-refractivity contribution in [2.24, 2.45) is 5.92 Å². The average molecular weight is 849 g/mol. The van der Waals surface area contributed by atoms with Crippen molar-refractivity contribution in [2.45, 2.75) is 25.4 Å². The molecular weight excluding hydrogens is 810 g/mol. The smallest absolute Gasteiger partial charge is 0.167 e. The highest BCUT2D eigenvalue weighted by atomic mass is 35.5. The summed E-state index contributed by atoms with van der Waals surface area (Å²) in [6, 6.07) is 28.2. The zero-order valence-corrected chi connectivity index (χ0v) is 34.2. The molecule has 2 fully saturated rings. The average Bonchev–Trinajstić information content (AvgIpc) is 4.07. The lowest BCUT2D eigenvalue weighted by Gasteiger charge is -2.23. The van der Waals surface area contributed by atoms with Gasteiger partial charge in [0.05, 0.1) is 28.7 Å². The maximum atomic E-state index is 6.54. The van der Waals surface area contributed by atoms with E-state index in [2.05, 4.69) is 42.7 Å². The quantitative estimate of drug-likeness (QED) is 0.104. The van der Waals surface area contributed by atoms with E-state index < -0.39 is 0 Å². The number of piperidine rings is 1. The Labute approximate surface area is 352 Å². The molecule has 2 saturated heterocycles. The molecule has 8 nitrogen and oxygen atoms in total. The van der Waals surface area contributed by atoms with E-state index in [0.29, 0.717) is 12.5 Å². The van der Waals surface area contributed by atoms with Crippen molar-refractivity contribution in [3.05, 3.63) is 105 Å². The van der Waals surface area contributed by atoms with E-state index in [1.807, 2.05) is 72.8 Å². The van der Waals surface area contributed by atoms with Gasteiger partial charge in [0.2, 0.25) is 0 Å². The van der Waals surface area contributed by atoms with Crippen LogP contribution in [-0.4, -0.2) is 58.8 Å². The molecule has 0 spiro atoms. The summed E-state index contributed by atoms with van der Waals surface area (Å²) in [4.78, 5) is 14.2. The van der Waals surface area contributed by atoms with E-state index >= 15 is 0 Å². The Hall–Kier alpha value is -4.80. The summed E-state index contributed by atoms with van der Waals surface area (Å²) in [5.41, 5.74) is 8.20. The van der Waals surface area contributed by atoms with Crippen LogP contribution in [0.1, 0.15) is 19.3 Å². The number of rotatable bonds is 5. The molecule has 292 valence electrons. The van der Waals surface area contributed by atoms with E-state index in [1.165, 1.54) is 0 Å². The van der Waals surface area contributed by atoms with Crippen LogP contribution >= 0.6 is 46.4 Å². The van der Waals surface area contributed by atoms with Crippen LogP contribution in [0.15, 0.2) is 84.9 Å². The monoisotopic (exact) mass is 846 g/mol. The second kappa shape index (κ2) is 14.5. The third-order valence-corrected chi connectivity index (χ3v) is 12.9. The molecule has 0 saturated carbocycles. The zero-order valence-electron chi connectivity index (χ0n) is 31.2. The van der Waals surface area contributed by atoms with Gasteiger partial charge >= 0.3 is 0 Å². The van der Waals surface area contributed by atoms with Crippen LogP contribution in [0.25, 0.3) is 87.2 Å². The first-order chi connectivity index (χ1) is 28.3. The maximum Gasteiger partial charge on any atom is 0.167 e. The normalized spacial score (nSPS) is 16.5. The van der Waals surface area contributed by atoms with Gasteiger partial charge in [-0.25, -0.2) is 0 Å². The second-order valence-electron chi connectivity index (χ2n) is 15.6. The molecule has 12 rings (SSSR count). The van der Waals surface area contributed by atoms with Crippen molar-refractivity contribution in [1.82, 2.24) is 30.6 Å². The minimum Gasteiger partial charge on any atom is -0.489 e. The van der Waals surface area contributed by atoms with Crippen LogP contribution in [0.2, 0.25) is 20.1 Å². The Morgan fingerprint density at radius 1 is 0.448 bits per heavy atom.